The van der Waals surface area contributed by atoms with Gasteiger partial charge in [-0.15, -0.1) is 0 Å². The van der Waals surface area contributed by atoms with Gasteiger partial charge in [-0.05, 0) is 18.2 Å². The molecule has 0 N–H and O–H groups in total. The molecule has 2 aromatic rings. The van der Waals surface area contributed by atoms with Gasteiger partial charge in [0.05, 0.1) is 10.6 Å². The number of para-hydroxylation sites is 1. The highest BCUT2D eigenvalue weighted by atomic mass is 35.5. The van der Waals surface area contributed by atoms with E-state index in [1.54, 1.807) is 12.1 Å². The summed E-state index contributed by atoms with van der Waals surface area (Å²) in [5.74, 6) is 0. The number of rotatable bonds is 2. The van der Waals surface area contributed by atoms with E-state index in [0.717, 1.165) is 31.7 Å². The summed E-state index contributed by atoms with van der Waals surface area (Å²) in [7, 11) is -3.56. The third-order valence-corrected chi connectivity index (χ3v) is 6.96. The van der Waals surface area contributed by atoms with E-state index in [9.17, 15) is 8.42 Å². The SMILES string of the molecule is O=S1(=O)C(Cl)=C(N2CCN(c3ccccc3)CC2)c2ccccc21. The number of hydrogen-bond donors (Lipinski definition) is 0. The van der Waals surface area contributed by atoms with Crippen LogP contribution in [0.1, 0.15) is 5.56 Å². The van der Waals surface area contributed by atoms with Gasteiger partial charge in [0, 0.05) is 37.4 Å². The van der Waals surface area contributed by atoms with Crippen LogP contribution in [0.25, 0.3) is 5.70 Å². The Bertz CT molecular complexity index is 902. The average molecular weight is 361 g/mol. The summed E-state index contributed by atoms with van der Waals surface area (Å²) in [6.07, 6.45) is 0. The Kier molecular flexibility index (Phi) is 3.77. The molecule has 0 atom stereocenters. The quantitative estimate of drug-likeness (QED) is 0.824. The summed E-state index contributed by atoms with van der Waals surface area (Å²) < 4.78 is 24.9. The van der Waals surface area contributed by atoms with Crippen LogP contribution in [0.2, 0.25) is 0 Å². The topological polar surface area (TPSA) is 40.6 Å². The maximum absolute atomic E-state index is 12.5. The molecular weight excluding hydrogens is 344 g/mol. The molecular formula is C18H17ClN2O2S. The fraction of sp³-hybridized carbons (Fsp3) is 0.222. The number of halogens is 1. The summed E-state index contributed by atoms with van der Waals surface area (Å²) in [5, 5.41) is 0. The van der Waals surface area contributed by atoms with Crippen LogP contribution in [-0.4, -0.2) is 39.5 Å². The van der Waals surface area contributed by atoms with Gasteiger partial charge in [0.1, 0.15) is 0 Å². The Morgan fingerprint density at radius 1 is 0.792 bits per heavy atom. The van der Waals surface area contributed by atoms with Gasteiger partial charge < -0.3 is 9.80 Å². The van der Waals surface area contributed by atoms with Crippen LogP contribution in [0.3, 0.4) is 0 Å². The second-order valence-corrected chi connectivity index (χ2v) is 8.39. The minimum absolute atomic E-state index is 0.0446. The van der Waals surface area contributed by atoms with E-state index in [0.29, 0.717) is 10.6 Å². The lowest BCUT2D eigenvalue weighted by molar-refractivity contribution is 0.367. The maximum atomic E-state index is 12.5. The van der Waals surface area contributed by atoms with Crippen LogP contribution in [0.5, 0.6) is 0 Å². The number of nitrogens with zero attached hydrogens (tertiary/aromatic N) is 2. The first kappa shape index (κ1) is 15.5. The largest absolute Gasteiger partial charge is 0.368 e. The van der Waals surface area contributed by atoms with Crippen LogP contribution < -0.4 is 4.90 Å². The molecule has 0 saturated carbocycles. The van der Waals surface area contributed by atoms with E-state index in [2.05, 4.69) is 21.9 Å². The van der Waals surface area contributed by atoms with Gasteiger partial charge >= 0.3 is 0 Å². The normalized spacial score (nSPS) is 19.5. The molecule has 0 unspecified atom stereocenters. The first-order valence-electron chi connectivity index (χ1n) is 7.88. The lowest BCUT2D eigenvalue weighted by Gasteiger charge is -2.38. The molecule has 0 spiro atoms. The van der Waals surface area contributed by atoms with Crippen molar-refractivity contribution in [2.45, 2.75) is 4.90 Å². The van der Waals surface area contributed by atoms with Gasteiger partial charge in [-0.2, -0.15) is 0 Å². The Labute approximate surface area is 146 Å². The zero-order valence-corrected chi connectivity index (χ0v) is 14.6. The molecule has 0 bridgehead atoms. The molecule has 4 rings (SSSR count). The van der Waals surface area contributed by atoms with Crippen LogP contribution in [0, 0.1) is 0 Å². The van der Waals surface area contributed by atoms with E-state index in [-0.39, 0.29) is 4.36 Å². The number of anilines is 1. The van der Waals surface area contributed by atoms with Crippen molar-refractivity contribution < 1.29 is 8.42 Å². The van der Waals surface area contributed by atoms with Crippen LogP contribution in [-0.2, 0) is 9.84 Å². The van der Waals surface area contributed by atoms with Crippen LogP contribution >= 0.6 is 11.6 Å². The van der Waals surface area contributed by atoms with Crippen molar-refractivity contribution in [3.05, 3.63) is 64.5 Å². The van der Waals surface area contributed by atoms with Gasteiger partial charge in [-0.3, -0.25) is 0 Å². The molecule has 1 saturated heterocycles. The van der Waals surface area contributed by atoms with E-state index < -0.39 is 9.84 Å². The summed E-state index contributed by atoms with van der Waals surface area (Å²) in [5.41, 5.74) is 2.56. The van der Waals surface area contributed by atoms with Crippen molar-refractivity contribution in [3.63, 3.8) is 0 Å². The van der Waals surface area contributed by atoms with Crippen LogP contribution in [0.4, 0.5) is 5.69 Å². The zero-order valence-electron chi connectivity index (χ0n) is 13.0. The fourth-order valence-corrected chi connectivity index (χ4v) is 5.22. The van der Waals surface area contributed by atoms with Crippen molar-refractivity contribution in [2.24, 2.45) is 0 Å². The fourth-order valence-electron chi connectivity index (χ4n) is 3.35. The van der Waals surface area contributed by atoms with Crippen LogP contribution in [0.15, 0.2) is 63.9 Å². The van der Waals surface area contributed by atoms with Gasteiger partial charge in [-0.1, -0.05) is 48.0 Å². The summed E-state index contributed by atoms with van der Waals surface area (Å²) in [4.78, 5) is 4.71. The van der Waals surface area contributed by atoms with Crippen molar-refractivity contribution >= 4 is 32.8 Å². The summed E-state index contributed by atoms with van der Waals surface area (Å²) in [6, 6.07) is 17.3. The van der Waals surface area contributed by atoms with Gasteiger partial charge in [-0.25, -0.2) is 8.42 Å². The predicted octanol–water partition coefficient (Wildman–Crippen LogP) is 3.16. The van der Waals surface area contributed by atoms with Crippen molar-refractivity contribution in [1.82, 2.24) is 4.90 Å². The minimum atomic E-state index is -3.56. The minimum Gasteiger partial charge on any atom is -0.368 e. The first-order valence-corrected chi connectivity index (χ1v) is 9.74. The molecule has 1 fully saturated rings. The zero-order chi connectivity index (χ0) is 16.7. The summed E-state index contributed by atoms with van der Waals surface area (Å²) in [6.45, 7) is 3.15. The molecule has 6 heteroatoms. The number of fused-ring (bicyclic) bond motifs is 1. The van der Waals surface area contributed by atoms with Crippen molar-refractivity contribution in [2.75, 3.05) is 31.1 Å². The predicted molar refractivity (Wildman–Crippen MR) is 96.6 cm³/mol. The highest BCUT2D eigenvalue weighted by Crippen LogP contribution is 2.42. The Hall–Kier alpha value is -1.98. The van der Waals surface area contributed by atoms with E-state index in [4.69, 9.17) is 11.6 Å². The Balaban J connectivity index is 1.61. The standard InChI is InChI=1S/C18H17ClN2O2S/c19-18-17(15-8-4-5-9-16(15)24(18,22)23)21-12-10-20(11-13-21)14-6-2-1-3-7-14/h1-9H,10-13H2. The highest BCUT2D eigenvalue weighted by Gasteiger charge is 2.37. The number of benzene rings is 2. The number of hydrogen-bond acceptors (Lipinski definition) is 4. The van der Waals surface area contributed by atoms with Gasteiger partial charge in [0.2, 0.25) is 9.84 Å². The van der Waals surface area contributed by atoms with Gasteiger partial charge in [0.25, 0.3) is 0 Å². The average Bonchev–Trinajstić information content (AvgIpc) is 2.83. The molecule has 124 valence electrons. The number of sulfone groups is 1. The highest BCUT2D eigenvalue weighted by molar-refractivity contribution is 7.97. The molecule has 0 radical (unpaired) electrons. The number of piperazine rings is 1. The van der Waals surface area contributed by atoms with E-state index >= 15 is 0 Å². The van der Waals surface area contributed by atoms with Crippen molar-refractivity contribution in [1.29, 1.82) is 0 Å². The molecule has 2 heterocycles. The van der Waals surface area contributed by atoms with E-state index in [1.807, 2.05) is 30.3 Å². The Morgan fingerprint density at radius 2 is 1.38 bits per heavy atom. The third kappa shape index (κ3) is 2.39. The maximum Gasteiger partial charge on any atom is 0.220 e. The molecule has 4 nitrogen and oxygen atoms in total. The smallest absolute Gasteiger partial charge is 0.220 e. The first-order chi connectivity index (χ1) is 11.6. The third-order valence-electron chi connectivity index (χ3n) is 4.57. The molecule has 0 aromatic heterocycles. The molecule has 24 heavy (non-hydrogen) atoms. The second kappa shape index (κ2) is 5.83. The molecule has 2 aromatic carbocycles. The van der Waals surface area contributed by atoms with Gasteiger partial charge in [0.15, 0.2) is 4.36 Å². The molecule has 2 aliphatic rings. The molecule has 2 aliphatic heterocycles. The Morgan fingerprint density at radius 3 is 2.08 bits per heavy atom. The van der Waals surface area contributed by atoms with Crippen molar-refractivity contribution in [3.8, 4) is 0 Å². The second-order valence-electron chi connectivity index (χ2n) is 5.93. The summed E-state index contributed by atoms with van der Waals surface area (Å²) >= 11 is 6.26. The molecule has 0 amide bonds. The van der Waals surface area contributed by atoms with E-state index in [1.165, 1.54) is 5.69 Å². The monoisotopic (exact) mass is 360 g/mol. The lowest BCUT2D eigenvalue weighted by Crippen LogP contribution is -2.45. The lowest BCUT2D eigenvalue weighted by atomic mass is 10.1. The molecule has 0 aliphatic carbocycles.